The number of rotatable bonds is 2. The summed E-state index contributed by atoms with van der Waals surface area (Å²) in [5, 5.41) is 1.27. The number of H-pyrrole nitrogens is 1. The van der Waals surface area contributed by atoms with Crippen LogP contribution < -0.4 is 0 Å². The van der Waals surface area contributed by atoms with Gasteiger partial charge in [-0.15, -0.1) is 0 Å². The number of nitrogens with one attached hydrogen (secondary N) is 1. The number of imidazole rings is 1. The summed E-state index contributed by atoms with van der Waals surface area (Å²) < 4.78 is 0. The summed E-state index contributed by atoms with van der Waals surface area (Å²) in [5.41, 5.74) is 2.86. The van der Waals surface area contributed by atoms with E-state index in [1.54, 1.807) is 0 Å². The third kappa shape index (κ3) is 2.65. The molecule has 1 aromatic heterocycles. The fraction of sp³-hybridized carbons (Fsp3) is 0. The first-order valence-corrected chi connectivity index (χ1v) is 6.56. The number of hydrogen-bond donors (Lipinski definition) is 1. The average Bonchev–Trinajstić information content (AvgIpc) is 2.85. The molecule has 94 valence electrons. The van der Waals surface area contributed by atoms with Crippen molar-refractivity contribution >= 4 is 45.3 Å². The zero-order valence-electron chi connectivity index (χ0n) is 9.90. The minimum absolute atomic E-state index is 0.568. The molecule has 4 heteroatoms. The monoisotopic (exact) mass is 288 g/mol. The summed E-state index contributed by atoms with van der Waals surface area (Å²) in [6.07, 6.45) is 1.86. The fourth-order valence-electron chi connectivity index (χ4n) is 1.84. The molecular weight excluding hydrogens is 279 g/mol. The van der Waals surface area contributed by atoms with E-state index in [1.165, 1.54) is 0 Å². The maximum absolute atomic E-state index is 6.29. The molecule has 1 heterocycles. The Labute approximate surface area is 120 Å². The van der Waals surface area contributed by atoms with Crippen LogP contribution >= 0.6 is 23.2 Å². The van der Waals surface area contributed by atoms with Crippen molar-refractivity contribution in [3.8, 4) is 0 Å². The summed E-state index contributed by atoms with van der Waals surface area (Å²) in [7, 11) is 0. The van der Waals surface area contributed by atoms with E-state index < -0.39 is 0 Å². The number of fused-ring (bicyclic) bond motifs is 1. The van der Waals surface area contributed by atoms with E-state index >= 15 is 0 Å². The Morgan fingerprint density at radius 1 is 1.05 bits per heavy atom. The molecule has 0 atom stereocenters. The van der Waals surface area contributed by atoms with Crippen LogP contribution in [0.4, 0.5) is 0 Å². The molecule has 0 aliphatic heterocycles. The molecule has 0 radical (unpaired) electrons. The van der Waals surface area contributed by atoms with Crippen LogP contribution in [0.25, 0.3) is 22.1 Å². The molecule has 3 aromatic rings. The van der Waals surface area contributed by atoms with Gasteiger partial charge in [0.2, 0.25) is 0 Å². The molecule has 3 rings (SSSR count). The summed E-state index contributed by atoms with van der Waals surface area (Å²) in [6, 6.07) is 15.3. The molecular formula is C15H10Cl2N2. The van der Waals surface area contributed by atoms with Gasteiger partial charge < -0.3 is 4.98 Å². The van der Waals surface area contributed by atoms with Crippen LogP contribution in [0.1, 0.15) is 11.4 Å². The maximum atomic E-state index is 6.29. The van der Waals surface area contributed by atoms with E-state index in [-0.39, 0.29) is 0 Å². The highest BCUT2D eigenvalue weighted by Crippen LogP contribution is 2.23. The highest BCUT2D eigenvalue weighted by atomic mass is 35.5. The molecule has 1 N–H and O–H groups in total. The van der Waals surface area contributed by atoms with Gasteiger partial charge in [0.05, 0.1) is 16.1 Å². The molecule has 0 bridgehead atoms. The van der Waals surface area contributed by atoms with Crippen molar-refractivity contribution in [2.24, 2.45) is 0 Å². The van der Waals surface area contributed by atoms with Gasteiger partial charge in [-0.25, -0.2) is 4.98 Å². The van der Waals surface area contributed by atoms with Gasteiger partial charge in [0.15, 0.2) is 0 Å². The second kappa shape index (κ2) is 5.08. The third-order valence-corrected chi connectivity index (χ3v) is 3.32. The Balaban J connectivity index is 1.98. The van der Waals surface area contributed by atoms with Crippen molar-refractivity contribution in [3.05, 3.63) is 64.9 Å². The van der Waals surface area contributed by atoms with Gasteiger partial charge in [0, 0.05) is 5.02 Å². The molecule has 0 spiro atoms. The molecule has 0 unspecified atom stereocenters. The number of aromatic amines is 1. The molecule has 2 nitrogen and oxygen atoms in total. The second-order valence-corrected chi connectivity index (χ2v) is 4.99. The Hall–Kier alpha value is -1.77. The van der Waals surface area contributed by atoms with E-state index in [0.717, 1.165) is 16.6 Å². The number of para-hydroxylation sites is 2. The van der Waals surface area contributed by atoms with Crippen LogP contribution in [0.15, 0.2) is 48.5 Å². The highest BCUT2D eigenvalue weighted by Gasteiger charge is 2.05. The number of hydrogen-bond acceptors (Lipinski definition) is 1. The predicted octanol–water partition coefficient (Wildman–Crippen LogP) is 4.95. The van der Waals surface area contributed by atoms with Gasteiger partial charge in [0.25, 0.3) is 0 Å². The largest absolute Gasteiger partial charge is 0.337 e. The van der Waals surface area contributed by atoms with Crippen LogP contribution in [-0.2, 0) is 0 Å². The number of halogens is 2. The van der Waals surface area contributed by atoms with Gasteiger partial charge in [-0.2, -0.15) is 0 Å². The summed E-state index contributed by atoms with van der Waals surface area (Å²) in [6.45, 7) is 0. The normalized spacial score (nSPS) is 12.0. The molecule has 0 saturated carbocycles. The Morgan fingerprint density at radius 2 is 1.79 bits per heavy atom. The van der Waals surface area contributed by atoms with Crippen LogP contribution in [-0.4, -0.2) is 9.97 Å². The minimum atomic E-state index is 0.568. The first-order valence-electron chi connectivity index (χ1n) is 5.80. The van der Waals surface area contributed by atoms with Crippen LogP contribution in [0.5, 0.6) is 0 Å². The van der Waals surface area contributed by atoms with Gasteiger partial charge in [-0.05, 0) is 35.9 Å². The molecule has 0 aliphatic rings. The Bertz CT molecular complexity index is 709. The lowest BCUT2D eigenvalue weighted by atomic mass is 10.2. The van der Waals surface area contributed by atoms with Crippen molar-refractivity contribution < 1.29 is 0 Å². The van der Waals surface area contributed by atoms with Crippen molar-refractivity contribution in [2.45, 2.75) is 0 Å². The van der Waals surface area contributed by atoms with Crippen molar-refractivity contribution in [3.63, 3.8) is 0 Å². The summed E-state index contributed by atoms with van der Waals surface area (Å²) >= 11 is 12.1. The van der Waals surface area contributed by atoms with Crippen molar-refractivity contribution in [1.82, 2.24) is 9.97 Å². The van der Waals surface area contributed by atoms with Crippen molar-refractivity contribution in [1.29, 1.82) is 0 Å². The zero-order chi connectivity index (χ0) is 13.2. The molecule has 19 heavy (non-hydrogen) atoms. The lowest BCUT2D eigenvalue weighted by Crippen LogP contribution is -1.80. The van der Waals surface area contributed by atoms with E-state index in [9.17, 15) is 0 Å². The number of benzene rings is 2. The maximum Gasteiger partial charge on any atom is 0.150 e. The van der Waals surface area contributed by atoms with Gasteiger partial charge in [-0.3, -0.25) is 0 Å². The minimum Gasteiger partial charge on any atom is -0.337 e. The Kier molecular flexibility index (Phi) is 3.28. The molecule has 2 aromatic carbocycles. The lowest BCUT2D eigenvalue weighted by molar-refractivity contribution is 1.29. The quantitative estimate of drug-likeness (QED) is 0.710. The van der Waals surface area contributed by atoms with Crippen LogP contribution in [0.3, 0.4) is 0 Å². The van der Waals surface area contributed by atoms with E-state index in [1.807, 2.05) is 54.6 Å². The lowest BCUT2D eigenvalue weighted by Gasteiger charge is -1.96. The molecule has 0 aliphatic carbocycles. The first-order chi connectivity index (χ1) is 9.22. The molecule has 0 fully saturated rings. The smallest absolute Gasteiger partial charge is 0.150 e. The number of nitrogens with zero attached hydrogens (tertiary/aromatic N) is 1. The SMILES string of the molecule is Cl/C(=C/c1ccc(Cl)cc1)c1nc2ccccc2[nH]1. The first kappa shape index (κ1) is 12.3. The van der Waals surface area contributed by atoms with Crippen LogP contribution in [0.2, 0.25) is 5.02 Å². The Morgan fingerprint density at radius 3 is 2.53 bits per heavy atom. The van der Waals surface area contributed by atoms with Gasteiger partial charge >= 0.3 is 0 Å². The van der Waals surface area contributed by atoms with Crippen molar-refractivity contribution in [2.75, 3.05) is 0 Å². The zero-order valence-corrected chi connectivity index (χ0v) is 11.4. The van der Waals surface area contributed by atoms with Gasteiger partial charge in [0.1, 0.15) is 5.82 Å². The van der Waals surface area contributed by atoms with E-state index in [0.29, 0.717) is 15.9 Å². The number of aromatic nitrogens is 2. The second-order valence-electron chi connectivity index (χ2n) is 4.15. The highest BCUT2D eigenvalue weighted by molar-refractivity contribution is 6.50. The standard InChI is InChI=1S/C15H10Cl2N2/c16-11-7-5-10(6-8-11)9-12(17)15-18-13-3-1-2-4-14(13)19-15/h1-9H,(H,18,19)/b12-9+. The van der Waals surface area contributed by atoms with E-state index in [4.69, 9.17) is 23.2 Å². The van der Waals surface area contributed by atoms with Crippen LogP contribution in [0, 0.1) is 0 Å². The predicted molar refractivity (Wildman–Crippen MR) is 81.3 cm³/mol. The topological polar surface area (TPSA) is 28.7 Å². The molecule has 0 amide bonds. The van der Waals surface area contributed by atoms with E-state index in [2.05, 4.69) is 9.97 Å². The summed E-state index contributed by atoms with van der Waals surface area (Å²) in [4.78, 5) is 7.63. The fourth-order valence-corrected chi connectivity index (χ4v) is 2.18. The summed E-state index contributed by atoms with van der Waals surface area (Å²) in [5.74, 6) is 0.665. The molecule has 0 saturated heterocycles. The third-order valence-electron chi connectivity index (χ3n) is 2.78. The van der Waals surface area contributed by atoms with Gasteiger partial charge in [-0.1, -0.05) is 47.5 Å². The average molecular weight is 289 g/mol.